The van der Waals surface area contributed by atoms with Crippen molar-refractivity contribution < 1.29 is 8.42 Å². The zero-order chi connectivity index (χ0) is 10.9. The van der Waals surface area contributed by atoms with Crippen LogP contribution in [0, 0.1) is 6.92 Å². The van der Waals surface area contributed by atoms with E-state index in [0.717, 1.165) is 10.7 Å². The largest absolute Gasteiger partial charge is 0.272 e. The van der Waals surface area contributed by atoms with Gasteiger partial charge in [-0.2, -0.15) is 0 Å². The first-order chi connectivity index (χ1) is 6.32. The van der Waals surface area contributed by atoms with E-state index >= 15 is 0 Å². The minimum Gasteiger partial charge on any atom is -0.272 e. The Hall–Kier alpha value is -0.620. The quantitative estimate of drug-likeness (QED) is 0.825. The molecule has 1 heterocycles. The lowest BCUT2D eigenvalue weighted by molar-refractivity contribution is 0.600. The third-order valence-electron chi connectivity index (χ3n) is 1.86. The predicted molar refractivity (Wildman–Crippen MR) is 59.9 cm³/mol. The fourth-order valence-electron chi connectivity index (χ4n) is 0.994. The first-order valence-electron chi connectivity index (χ1n) is 3.88. The van der Waals surface area contributed by atoms with Crippen molar-refractivity contribution in [3.8, 4) is 0 Å². The van der Waals surface area contributed by atoms with Gasteiger partial charge in [0.05, 0.1) is 17.6 Å². The summed E-state index contributed by atoms with van der Waals surface area (Å²) in [5, 5.41) is 0. The van der Waals surface area contributed by atoms with Crippen molar-refractivity contribution in [2.45, 2.75) is 6.92 Å². The van der Waals surface area contributed by atoms with Crippen LogP contribution in [0.1, 0.15) is 5.69 Å². The van der Waals surface area contributed by atoms with E-state index < -0.39 is 10.0 Å². The van der Waals surface area contributed by atoms with Crippen molar-refractivity contribution in [3.63, 3.8) is 0 Å². The van der Waals surface area contributed by atoms with Crippen LogP contribution in [-0.4, -0.2) is 26.7 Å². The summed E-state index contributed by atoms with van der Waals surface area (Å²) < 4.78 is 24.5. The Morgan fingerprint density at radius 2 is 2.07 bits per heavy atom. The summed E-state index contributed by atoms with van der Waals surface area (Å²) in [4.78, 5) is 4.06. The highest BCUT2D eigenvalue weighted by Crippen LogP contribution is 2.22. The Morgan fingerprint density at radius 1 is 1.50 bits per heavy atom. The predicted octanol–water partition coefficient (Wildman–Crippen LogP) is 1.55. The van der Waals surface area contributed by atoms with E-state index in [4.69, 9.17) is 0 Å². The fraction of sp³-hybridized carbons (Fsp3) is 0.375. The Labute approximate surface area is 92.1 Å². The zero-order valence-electron chi connectivity index (χ0n) is 8.15. The van der Waals surface area contributed by atoms with Crippen LogP contribution in [0.25, 0.3) is 0 Å². The van der Waals surface area contributed by atoms with Crippen LogP contribution in [0.5, 0.6) is 0 Å². The number of nitrogens with zero attached hydrogens (tertiary/aromatic N) is 2. The molecule has 0 amide bonds. The Balaban J connectivity index is 3.26. The second kappa shape index (κ2) is 3.86. The van der Waals surface area contributed by atoms with Crippen molar-refractivity contribution in [3.05, 3.63) is 22.4 Å². The lowest BCUT2D eigenvalue weighted by atomic mass is 10.3. The SMILES string of the molecule is Cc1ncc(Br)cc1N(C)S(C)(=O)=O. The number of hydrogen-bond acceptors (Lipinski definition) is 3. The summed E-state index contributed by atoms with van der Waals surface area (Å²) in [6.07, 6.45) is 2.79. The van der Waals surface area contributed by atoms with E-state index in [-0.39, 0.29) is 0 Å². The van der Waals surface area contributed by atoms with Crippen LogP contribution in [0.3, 0.4) is 0 Å². The molecule has 0 saturated heterocycles. The molecule has 0 aromatic carbocycles. The number of aryl methyl sites for hydroxylation is 1. The van der Waals surface area contributed by atoms with Crippen LogP contribution in [-0.2, 0) is 10.0 Å². The van der Waals surface area contributed by atoms with Gasteiger partial charge in [-0.3, -0.25) is 9.29 Å². The fourth-order valence-corrected chi connectivity index (χ4v) is 1.86. The Morgan fingerprint density at radius 3 is 2.57 bits per heavy atom. The Kier molecular flexibility index (Phi) is 3.16. The second-order valence-electron chi connectivity index (χ2n) is 2.99. The van der Waals surface area contributed by atoms with Gasteiger partial charge in [0.15, 0.2) is 0 Å². The zero-order valence-corrected chi connectivity index (χ0v) is 10.6. The van der Waals surface area contributed by atoms with Gasteiger partial charge >= 0.3 is 0 Å². The van der Waals surface area contributed by atoms with Gasteiger partial charge in [0.25, 0.3) is 0 Å². The molecule has 0 saturated carbocycles. The summed E-state index contributed by atoms with van der Waals surface area (Å²) in [6.45, 7) is 1.77. The summed E-state index contributed by atoms with van der Waals surface area (Å²) in [6, 6.07) is 1.73. The molecule has 0 atom stereocenters. The molecular formula is C8H11BrN2O2S. The normalized spacial score (nSPS) is 11.4. The maximum Gasteiger partial charge on any atom is 0.232 e. The van der Waals surface area contributed by atoms with Gasteiger partial charge in [0.2, 0.25) is 10.0 Å². The van der Waals surface area contributed by atoms with Crippen molar-refractivity contribution in [1.29, 1.82) is 0 Å². The third-order valence-corrected chi connectivity index (χ3v) is 3.49. The molecule has 0 N–H and O–H groups in total. The Bertz CT molecular complexity index is 445. The number of aromatic nitrogens is 1. The maximum atomic E-state index is 11.3. The van der Waals surface area contributed by atoms with Crippen LogP contribution in [0.4, 0.5) is 5.69 Å². The molecule has 0 bridgehead atoms. The highest BCUT2D eigenvalue weighted by molar-refractivity contribution is 9.10. The molecule has 78 valence electrons. The smallest absolute Gasteiger partial charge is 0.232 e. The van der Waals surface area contributed by atoms with Crippen molar-refractivity contribution in [2.24, 2.45) is 0 Å². The third kappa shape index (κ3) is 2.45. The summed E-state index contributed by atoms with van der Waals surface area (Å²) in [5.74, 6) is 0. The molecule has 6 heteroatoms. The molecule has 0 aliphatic rings. The number of sulfonamides is 1. The molecule has 0 spiro atoms. The maximum absolute atomic E-state index is 11.3. The lowest BCUT2D eigenvalue weighted by Gasteiger charge is -2.18. The topological polar surface area (TPSA) is 50.3 Å². The molecule has 0 aliphatic heterocycles. The number of halogens is 1. The number of hydrogen-bond donors (Lipinski definition) is 0. The van der Waals surface area contributed by atoms with Crippen LogP contribution in [0.2, 0.25) is 0 Å². The summed E-state index contributed by atoms with van der Waals surface area (Å²) in [7, 11) is -1.72. The van der Waals surface area contributed by atoms with E-state index in [0.29, 0.717) is 11.4 Å². The van der Waals surface area contributed by atoms with E-state index in [1.807, 2.05) is 0 Å². The van der Waals surface area contributed by atoms with E-state index in [1.165, 1.54) is 11.4 Å². The van der Waals surface area contributed by atoms with E-state index in [2.05, 4.69) is 20.9 Å². The minimum atomic E-state index is -3.22. The molecule has 0 aliphatic carbocycles. The van der Waals surface area contributed by atoms with Crippen LogP contribution >= 0.6 is 15.9 Å². The monoisotopic (exact) mass is 278 g/mol. The first kappa shape index (κ1) is 11.5. The second-order valence-corrected chi connectivity index (χ2v) is 5.92. The van der Waals surface area contributed by atoms with Gasteiger partial charge in [-0.25, -0.2) is 8.42 Å². The van der Waals surface area contributed by atoms with Gasteiger partial charge in [0.1, 0.15) is 0 Å². The van der Waals surface area contributed by atoms with Gasteiger partial charge < -0.3 is 0 Å². The van der Waals surface area contributed by atoms with Gasteiger partial charge in [0, 0.05) is 17.7 Å². The highest BCUT2D eigenvalue weighted by atomic mass is 79.9. The lowest BCUT2D eigenvalue weighted by Crippen LogP contribution is -2.25. The van der Waals surface area contributed by atoms with E-state index in [1.54, 1.807) is 19.2 Å². The number of anilines is 1. The standard InChI is InChI=1S/C8H11BrN2O2S/c1-6-8(4-7(9)5-10-6)11(2)14(3,12)13/h4-5H,1-3H3. The van der Waals surface area contributed by atoms with Gasteiger partial charge in [-0.15, -0.1) is 0 Å². The molecule has 0 radical (unpaired) electrons. The van der Waals surface area contributed by atoms with Crippen molar-refractivity contribution in [2.75, 3.05) is 17.6 Å². The molecule has 1 aromatic rings. The molecule has 1 rings (SSSR count). The van der Waals surface area contributed by atoms with Crippen LogP contribution < -0.4 is 4.31 Å². The highest BCUT2D eigenvalue weighted by Gasteiger charge is 2.14. The molecule has 1 aromatic heterocycles. The molecule has 0 fully saturated rings. The first-order valence-corrected chi connectivity index (χ1v) is 6.52. The molecule has 14 heavy (non-hydrogen) atoms. The average Bonchev–Trinajstić information content (AvgIpc) is 2.06. The molecular weight excluding hydrogens is 268 g/mol. The van der Waals surface area contributed by atoms with Gasteiger partial charge in [-0.1, -0.05) is 0 Å². The minimum absolute atomic E-state index is 0.585. The summed E-state index contributed by atoms with van der Waals surface area (Å²) >= 11 is 3.25. The molecule has 4 nitrogen and oxygen atoms in total. The van der Waals surface area contributed by atoms with Crippen molar-refractivity contribution in [1.82, 2.24) is 4.98 Å². The number of pyridine rings is 1. The average molecular weight is 279 g/mol. The van der Waals surface area contributed by atoms with E-state index in [9.17, 15) is 8.42 Å². The van der Waals surface area contributed by atoms with Gasteiger partial charge in [-0.05, 0) is 28.9 Å². The number of rotatable bonds is 2. The molecule has 0 unspecified atom stereocenters. The van der Waals surface area contributed by atoms with Crippen LogP contribution in [0.15, 0.2) is 16.7 Å². The summed E-state index contributed by atoms with van der Waals surface area (Å²) in [5.41, 5.74) is 1.27. The van der Waals surface area contributed by atoms with Crippen molar-refractivity contribution >= 4 is 31.6 Å².